The minimum atomic E-state index is -1.10. The summed E-state index contributed by atoms with van der Waals surface area (Å²) >= 11 is 0. The second-order valence-corrected chi connectivity index (χ2v) is 5.27. The Balaban J connectivity index is 2.23. The van der Waals surface area contributed by atoms with Gasteiger partial charge in [-0.1, -0.05) is 0 Å². The van der Waals surface area contributed by atoms with E-state index in [0.717, 1.165) is 0 Å². The van der Waals surface area contributed by atoms with Crippen LogP contribution in [0.3, 0.4) is 0 Å². The highest BCUT2D eigenvalue weighted by molar-refractivity contribution is 6.13. The van der Waals surface area contributed by atoms with Crippen LogP contribution in [0.4, 0.5) is 5.69 Å². The number of hydrogen-bond donors (Lipinski definition) is 3. The maximum Gasteiger partial charge on any atom is 0.335 e. The van der Waals surface area contributed by atoms with Crippen molar-refractivity contribution in [2.75, 3.05) is 19.5 Å². The van der Waals surface area contributed by atoms with E-state index < -0.39 is 17.3 Å². The quantitative estimate of drug-likeness (QED) is 0.680. The van der Waals surface area contributed by atoms with Crippen LogP contribution >= 0.6 is 0 Å². The molecule has 7 heteroatoms. The van der Waals surface area contributed by atoms with Gasteiger partial charge in [-0.3, -0.25) is 9.59 Å². The fourth-order valence-electron chi connectivity index (χ4n) is 2.31. The van der Waals surface area contributed by atoms with Crippen molar-refractivity contribution in [3.63, 3.8) is 0 Å². The van der Waals surface area contributed by atoms with Crippen molar-refractivity contribution in [1.29, 1.82) is 0 Å². The van der Waals surface area contributed by atoms with Gasteiger partial charge < -0.3 is 20.5 Å². The summed E-state index contributed by atoms with van der Waals surface area (Å²) in [5, 5.41) is 14.2. The molecule has 1 saturated carbocycles. The molecule has 2 amide bonds. The molecule has 1 aliphatic carbocycles. The molecule has 0 saturated heterocycles. The smallest absolute Gasteiger partial charge is 0.335 e. The van der Waals surface area contributed by atoms with Crippen LogP contribution in [0.1, 0.15) is 28.8 Å². The van der Waals surface area contributed by atoms with Crippen LogP contribution in [0.2, 0.25) is 0 Å². The highest BCUT2D eigenvalue weighted by Crippen LogP contribution is 2.46. The number of benzene rings is 1. The molecule has 7 nitrogen and oxygen atoms in total. The minimum Gasteiger partial charge on any atom is -0.478 e. The maximum atomic E-state index is 12.3. The van der Waals surface area contributed by atoms with E-state index in [1.165, 1.54) is 26.3 Å². The number of rotatable bonds is 6. The molecule has 1 aliphatic rings. The fraction of sp³-hybridized carbons (Fsp3) is 0.400. The molecule has 1 fully saturated rings. The molecular weight excluding hydrogens is 288 g/mol. The standard InChI is InChI=1S/C15H18N2O5/c1-16-13(20)15(3-4-15)14(21)17-11-6-9(8-22-2)5-10(7-11)12(18)19/h5-7H,3-4,8H2,1-2H3,(H,16,20)(H,17,21)(H,18,19). The van der Waals surface area contributed by atoms with E-state index in [1.54, 1.807) is 6.07 Å². The lowest BCUT2D eigenvalue weighted by Crippen LogP contribution is -2.38. The normalized spacial score (nSPS) is 15.0. The van der Waals surface area contributed by atoms with Crippen LogP contribution < -0.4 is 10.6 Å². The van der Waals surface area contributed by atoms with Gasteiger partial charge in [0.1, 0.15) is 5.41 Å². The van der Waals surface area contributed by atoms with Crippen molar-refractivity contribution in [1.82, 2.24) is 5.32 Å². The van der Waals surface area contributed by atoms with E-state index in [9.17, 15) is 14.4 Å². The Morgan fingerprint density at radius 2 is 1.91 bits per heavy atom. The van der Waals surface area contributed by atoms with Crippen molar-refractivity contribution < 1.29 is 24.2 Å². The van der Waals surface area contributed by atoms with Crippen LogP contribution in [0.5, 0.6) is 0 Å². The van der Waals surface area contributed by atoms with Gasteiger partial charge in [0, 0.05) is 19.8 Å². The number of methoxy groups -OCH3 is 1. The number of carbonyl (C=O) groups is 3. The Labute approximate surface area is 127 Å². The molecular formula is C15H18N2O5. The molecule has 22 heavy (non-hydrogen) atoms. The molecule has 0 radical (unpaired) electrons. The Morgan fingerprint density at radius 3 is 2.41 bits per heavy atom. The summed E-state index contributed by atoms with van der Waals surface area (Å²) in [6.07, 6.45) is 0.976. The average Bonchev–Trinajstić information content (AvgIpc) is 3.28. The molecule has 0 heterocycles. The van der Waals surface area contributed by atoms with E-state index in [4.69, 9.17) is 9.84 Å². The molecule has 3 N–H and O–H groups in total. The minimum absolute atomic E-state index is 0.0506. The first-order valence-electron chi connectivity index (χ1n) is 6.83. The van der Waals surface area contributed by atoms with E-state index in [-0.39, 0.29) is 18.1 Å². The molecule has 1 aromatic rings. The highest BCUT2D eigenvalue weighted by atomic mass is 16.5. The highest BCUT2D eigenvalue weighted by Gasteiger charge is 2.56. The van der Waals surface area contributed by atoms with Crippen LogP contribution in [0.25, 0.3) is 0 Å². The number of aromatic carboxylic acids is 1. The van der Waals surface area contributed by atoms with Gasteiger partial charge >= 0.3 is 5.97 Å². The number of hydrogen-bond acceptors (Lipinski definition) is 4. The predicted octanol–water partition coefficient (Wildman–Crippen LogP) is 0.996. The summed E-state index contributed by atoms with van der Waals surface area (Å²) in [5.41, 5.74) is -0.0145. The van der Waals surface area contributed by atoms with Gasteiger partial charge in [0.15, 0.2) is 0 Å². The predicted molar refractivity (Wildman–Crippen MR) is 78.5 cm³/mol. The summed E-state index contributed by atoms with van der Waals surface area (Å²) in [7, 11) is 2.98. The number of carbonyl (C=O) groups excluding carboxylic acids is 2. The van der Waals surface area contributed by atoms with Crippen molar-refractivity contribution >= 4 is 23.5 Å². The largest absolute Gasteiger partial charge is 0.478 e. The maximum absolute atomic E-state index is 12.3. The lowest BCUT2D eigenvalue weighted by molar-refractivity contribution is -0.134. The first kappa shape index (κ1) is 16.0. The first-order chi connectivity index (χ1) is 10.4. The van der Waals surface area contributed by atoms with Crippen molar-refractivity contribution in [3.05, 3.63) is 29.3 Å². The average molecular weight is 306 g/mol. The monoisotopic (exact) mass is 306 g/mol. The van der Waals surface area contributed by atoms with Gasteiger partial charge in [-0.05, 0) is 36.6 Å². The molecule has 0 bridgehead atoms. The van der Waals surface area contributed by atoms with Crippen molar-refractivity contribution in [2.24, 2.45) is 5.41 Å². The zero-order valence-corrected chi connectivity index (χ0v) is 12.4. The topological polar surface area (TPSA) is 105 Å². The zero-order chi connectivity index (χ0) is 16.3. The van der Waals surface area contributed by atoms with Gasteiger partial charge in [-0.2, -0.15) is 0 Å². The second kappa shape index (κ2) is 6.15. The van der Waals surface area contributed by atoms with Crippen LogP contribution in [0.15, 0.2) is 18.2 Å². The summed E-state index contributed by atoms with van der Waals surface area (Å²) in [4.78, 5) is 35.2. The third-order valence-electron chi connectivity index (χ3n) is 3.65. The molecule has 0 atom stereocenters. The van der Waals surface area contributed by atoms with Gasteiger partial charge in [-0.25, -0.2) is 4.79 Å². The number of nitrogens with one attached hydrogen (secondary N) is 2. The third-order valence-corrected chi connectivity index (χ3v) is 3.65. The van der Waals surface area contributed by atoms with E-state index in [1.807, 2.05) is 0 Å². The summed E-state index contributed by atoms with van der Waals surface area (Å²) in [6.45, 7) is 0.227. The molecule has 0 aromatic heterocycles. The Kier molecular flexibility index (Phi) is 4.46. The number of amides is 2. The van der Waals surface area contributed by atoms with E-state index in [2.05, 4.69) is 10.6 Å². The lowest BCUT2D eigenvalue weighted by atomic mass is 10.0. The molecule has 0 unspecified atom stereocenters. The summed E-state index contributed by atoms with van der Waals surface area (Å²) in [6, 6.07) is 4.47. The summed E-state index contributed by atoms with van der Waals surface area (Å²) in [5.74, 6) is -1.84. The number of ether oxygens (including phenoxy) is 1. The first-order valence-corrected chi connectivity index (χ1v) is 6.83. The second-order valence-electron chi connectivity index (χ2n) is 5.27. The van der Waals surface area contributed by atoms with Crippen LogP contribution in [-0.2, 0) is 20.9 Å². The number of anilines is 1. The number of carboxylic acid groups (broad SMARTS) is 1. The van der Waals surface area contributed by atoms with E-state index in [0.29, 0.717) is 24.1 Å². The van der Waals surface area contributed by atoms with Gasteiger partial charge in [0.05, 0.1) is 12.2 Å². The lowest BCUT2D eigenvalue weighted by Gasteiger charge is -2.15. The zero-order valence-electron chi connectivity index (χ0n) is 12.4. The van der Waals surface area contributed by atoms with Gasteiger partial charge in [-0.15, -0.1) is 0 Å². The Hall–Kier alpha value is -2.41. The third kappa shape index (κ3) is 3.09. The Morgan fingerprint density at radius 1 is 1.23 bits per heavy atom. The molecule has 0 aliphatic heterocycles. The van der Waals surface area contributed by atoms with Crippen molar-refractivity contribution in [2.45, 2.75) is 19.4 Å². The molecule has 1 aromatic carbocycles. The summed E-state index contributed by atoms with van der Waals surface area (Å²) < 4.78 is 4.99. The van der Waals surface area contributed by atoms with Crippen LogP contribution in [-0.4, -0.2) is 37.0 Å². The Bertz CT molecular complexity index is 622. The van der Waals surface area contributed by atoms with Crippen molar-refractivity contribution in [3.8, 4) is 0 Å². The van der Waals surface area contributed by atoms with Gasteiger partial charge in [0.25, 0.3) is 0 Å². The fourth-order valence-corrected chi connectivity index (χ4v) is 2.31. The van der Waals surface area contributed by atoms with Crippen LogP contribution in [0, 0.1) is 5.41 Å². The number of carboxylic acids is 1. The molecule has 0 spiro atoms. The molecule has 118 valence electrons. The molecule has 2 rings (SSSR count). The SMILES string of the molecule is CNC(=O)C1(C(=O)Nc2cc(COC)cc(C(=O)O)c2)CC1. The van der Waals surface area contributed by atoms with Gasteiger partial charge in [0.2, 0.25) is 11.8 Å². The van der Waals surface area contributed by atoms with E-state index >= 15 is 0 Å².